The van der Waals surface area contributed by atoms with Crippen molar-refractivity contribution in [3.63, 3.8) is 0 Å². The zero-order valence-electron chi connectivity index (χ0n) is 16.9. The van der Waals surface area contributed by atoms with Gasteiger partial charge in [0.15, 0.2) is 5.66 Å². The number of aliphatic hydroxyl groups is 1. The van der Waals surface area contributed by atoms with Crippen LogP contribution in [0, 0.1) is 0 Å². The Hall–Kier alpha value is -3.31. The SMILES string of the molecule is CN1c2ccccc2[C@@]2(O)CCN(C(=O)OCc3ccccc3)[C@@]12c1ccccc1. The van der Waals surface area contributed by atoms with Crippen LogP contribution in [0.4, 0.5) is 10.5 Å². The molecule has 0 aliphatic carbocycles. The van der Waals surface area contributed by atoms with Crippen molar-refractivity contribution in [1.82, 2.24) is 4.90 Å². The Morgan fingerprint density at radius 2 is 1.60 bits per heavy atom. The fourth-order valence-corrected chi connectivity index (χ4v) is 5.18. The maximum Gasteiger partial charge on any atom is 0.412 e. The number of para-hydroxylation sites is 1. The molecule has 30 heavy (non-hydrogen) atoms. The third kappa shape index (κ3) is 2.42. The molecule has 2 heterocycles. The van der Waals surface area contributed by atoms with Gasteiger partial charge >= 0.3 is 6.09 Å². The molecule has 2 aliphatic heterocycles. The Morgan fingerprint density at radius 3 is 2.33 bits per heavy atom. The molecule has 3 aromatic rings. The van der Waals surface area contributed by atoms with Gasteiger partial charge in [-0.2, -0.15) is 0 Å². The summed E-state index contributed by atoms with van der Waals surface area (Å²) in [6.45, 7) is 0.591. The van der Waals surface area contributed by atoms with E-state index in [1.165, 1.54) is 0 Å². The lowest BCUT2D eigenvalue weighted by Gasteiger charge is -2.47. The average Bonchev–Trinajstić information content (AvgIpc) is 3.22. The predicted octanol–water partition coefficient (Wildman–Crippen LogP) is 4.22. The number of hydrogen-bond donors (Lipinski definition) is 1. The van der Waals surface area contributed by atoms with Crippen LogP contribution in [-0.2, 0) is 22.6 Å². The number of amides is 1. The van der Waals surface area contributed by atoms with Crippen molar-refractivity contribution < 1.29 is 14.6 Å². The molecule has 2 aliphatic rings. The molecule has 0 saturated carbocycles. The lowest BCUT2D eigenvalue weighted by Crippen LogP contribution is -2.61. The largest absolute Gasteiger partial charge is 0.444 e. The van der Waals surface area contributed by atoms with E-state index in [0.29, 0.717) is 13.0 Å². The van der Waals surface area contributed by atoms with E-state index in [0.717, 1.165) is 22.4 Å². The molecular formula is C25H24N2O3. The van der Waals surface area contributed by atoms with E-state index in [1.807, 2.05) is 96.9 Å². The molecule has 2 atom stereocenters. The lowest BCUT2D eigenvalue weighted by atomic mass is 9.80. The second-order valence-electron chi connectivity index (χ2n) is 7.92. The highest BCUT2D eigenvalue weighted by Gasteiger charge is 2.69. The number of anilines is 1. The summed E-state index contributed by atoms with van der Waals surface area (Å²) in [4.78, 5) is 17.1. The molecule has 0 spiro atoms. The molecule has 5 heteroatoms. The van der Waals surface area contributed by atoms with E-state index in [2.05, 4.69) is 0 Å². The van der Waals surface area contributed by atoms with Gasteiger partial charge in [0.25, 0.3) is 0 Å². The molecule has 1 amide bonds. The molecule has 1 fully saturated rings. The van der Waals surface area contributed by atoms with E-state index in [9.17, 15) is 9.90 Å². The number of ether oxygens (including phenoxy) is 1. The van der Waals surface area contributed by atoms with Crippen LogP contribution in [0.3, 0.4) is 0 Å². The van der Waals surface area contributed by atoms with Crippen LogP contribution in [0.5, 0.6) is 0 Å². The molecule has 0 bridgehead atoms. The number of fused-ring (bicyclic) bond motifs is 3. The molecule has 1 saturated heterocycles. The highest BCUT2D eigenvalue weighted by atomic mass is 16.6. The first-order chi connectivity index (χ1) is 14.6. The Balaban J connectivity index is 1.58. The van der Waals surface area contributed by atoms with Crippen LogP contribution in [0.1, 0.15) is 23.1 Å². The molecule has 0 radical (unpaired) electrons. The number of carbonyl (C=O) groups is 1. The Morgan fingerprint density at radius 1 is 0.967 bits per heavy atom. The molecule has 152 valence electrons. The number of nitrogens with zero attached hydrogens (tertiary/aromatic N) is 2. The normalized spacial score (nSPS) is 24.5. The van der Waals surface area contributed by atoms with Crippen LogP contribution in [0.2, 0.25) is 0 Å². The number of likely N-dealkylation sites (N-methyl/N-ethyl adjacent to an activating group) is 1. The van der Waals surface area contributed by atoms with Gasteiger partial charge in [-0.05, 0) is 11.6 Å². The van der Waals surface area contributed by atoms with E-state index < -0.39 is 17.4 Å². The van der Waals surface area contributed by atoms with Crippen molar-refractivity contribution in [1.29, 1.82) is 0 Å². The summed E-state index contributed by atoms with van der Waals surface area (Å²) in [5.41, 5.74) is 1.26. The van der Waals surface area contributed by atoms with Gasteiger partial charge in [0.05, 0.1) is 0 Å². The lowest BCUT2D eigenvalue weighted by molar-refractivity contribution is -0.0580. The van der Waals surface area contributed by atoms with Crippen LogP contribution < -0.4 is 4.90 Å². The molecule has 0 aromatic heterocycles. The maximum atomic E-state index is 13.3. The van der Waals surface area contributed by atoms with Gasteiger partial charge in [-0.1, -0.05) is 78.9 Å². The summed E-state index contributed by atoms with van der Waals surface area (Å²) in [5.74, 6) is 0. The number of rotatable bonds is 3. The molecule has 1 N–H and O–H groups in total. The first-order valence-corrected chi connectivity index (χ1v) is 10.2. The Kier molecular flexibility index (Phi) is 4.29. The maximum absolute atomic E-state index is 13.3. The Labute approximate surface area is 176 Å². The number of hydrogen-bond acceptors (Lipinski definition) is 4. The number of benzene rings is 3. The van der Waals surface area contributed by atoms with Crippen molar-refractivity contribution in [2.75, 3.05) is 18.5 Å². The molecule has 3 aromatic carbocycles. The van der Waals surface area contributed by atoms with Crippen molar-refractivity contribution in [3.8, 4) is 0 Å². The third-order valence-electron chi connectivity index (χ3n) is 6.46. The van der Waals surface area contributed by atoms with Crippen LogP contribution in [0.15, 0.2) is 84.9 Å². The summed E-state index contributed by atoms with van der Waals surface area (Å²) in [6.07, 6.45) is 0.00207. The first-order valence-electron chi connectivity index (χ1n) is 10.2. The first kappa shape index (κ1) is 18.7. The van der Waals surface area contributed by atoms with Gasteiger partial charge in [-0.25, -0.2) is 4.79 Å². The summed E-state index contributed by atoms with van der Waals surface area (Å²) >= 11 is 0. The van der Waals surface area contributed by atoms with E-state index in [4.69, 9.17) is 4.74 Å². The fraction of sp³-hybridized carbons (Fsp3) is 0.240. The minimum Gasteiger partial charge on any atom is -0.444 e. The highest BCUT2D eigenvalue weighted by Crippen LogP contribution is 2.61. The van der Waals surface area contributed by atoms with Crippen molar-refractivity contribution in [2.24, 2.45) is 0 Å². The van der Waals surface area contributed by atoms with Gasteiger partial charge in [0.1, 0.15) is 12.2 Å². The monoisotopic (exact) mass is 400 g/mol. The highest BCUT2D eigenvalue weighted by molar-refractivity contribution is 5.76. The fourth-order valence-electron chi connectivity index (χ4n) is 5.18. The molecule has 5 nitrogen and oxygen atoms in total. The predicted molar refractivity (Wildman–Crippen MR) is 115 cm³/mol. The van der Waals surface area contributed by atoms with Gasteiger partial charge in [-0.3, -0.25) is 4.90 Å². The van der Waals surface area contributed by atoms with Crippen molar-refractivity contribution in [3.05, 3.63) is 102 Å². The molecular weight excluding hydrogens is 376 g/mol. The van der Waals surface area contributed by atoms with Crippen LogP contribution >= 0.6 is 0 Å². The van der Waals surface area contributed by atoms with Crippen LogP contribution in [-0.4, -0.2) is 29.7 Å². The second kappa shape index (κ2) is 6.89. The van der Waals surface area contributed by atoms with Crippen LogP contribution in [0.25, 0.3) is 0 Å². The third-order valence-corrected chi connectivity index (χ3v) is 6.46. The summed E-state index contributed by atoms with van der Waals surface area (Å²) in [6, 6.07) is 27.2. The summed E-state index contributed by atoms with van der Waals surface area (Å²) < 4.78 is 5.71. The molecule has 0 unspecified atom stereocenters. The number of carbonyl (C=O) groups excluding carboxylic acids is 1. The van der Waals surface area contributed by atoms with E-state index in [-0.39, 0.29) is 6.61 Å². The minimum absolute atomic E-state index is 0.191. The van der Waals surface area contributed by atoms with Crippen molar-refractivity contribution >= 4 is 11.8 Å². The van der Waals surface area contributed by atoms with E-state index in [1.54, 1.807) is 4.90 Å². The van der Waals surface area contributed by atoms with Gasteiger partial charge < -0.3 is 14.7 Å². The van der Waals surface area contributed by atoms with E-state index >= 15 is 0 Å². The Bertz CT molecular complexity index is 1070. The van der Waals surface area contributed by atoms with Gasteiger partial charge in [0, 0.05) is 36.8 Å². The molecule has 5 rings (SSSR count). The standard InChI is InChI=1S/C25H24N2O3/c1-26-22-15-9-8-14-21(22)24(29)16-17-27(25(24,26)20-12-6-3-7-13-20)23(28)30-18-19-10-4-2-5-11-19/h2-15,29H,16-18H2,1H3/t24-,25+/m0/s1. The average molecular weight is 400 g/mol. The topological polar surface area (TPSA) is 53.0 Å². The van der Waals surface area contributed by atoms with Gasteiger partial charge in [0.2, 0.25) is 0 Å². The zero-order valence-corrected chi connectivity index (χ0v) is 16.9. The summed E-state index contributed by atoms with van der Waals surface area (Å²) in [7, 11) is 1.94. The quantitative estimate of drug-likeness (QED) is 0.715. The van der Waals surface area contributed by atoms with Gasteiger partial charge in [-0.15, -0.1) is 0 Å². The number of likely N-dealkylation sites (tertiary alicyclic amines) is 1. The second-order valence-corrected chi connectivity index (χ2v) is 7.92. The minimum atomic E-state index is -1.23. The zero-order chi connectivity index (χ0) is 20.8. The van der Waals surface area contributed by atoms with Crippen molar-refractivity contribution in [2.45, 2.75) is 24.3 Å². The summed E-state index contributed by atoms with van der Waals surface area (Å²) in [5, 5.41) is 12.1. The smallest absolute Gasteiger partial charge is 0.412 e.